The zero-order chi connectivity index (χ0) is 15.9. The van der Waals surface area contributed by atoms with E-state index in [1.54, 1.807) is 5.38 Å². The van der Waals surface area contributed by atoms with Crippen molar-refractivity contribution in [2.24, 2.45) is 0 Å². The third-order valence-electron chi connectivity index (χ3n) is 3.16. The highest BCUT2D eigenvalue weighted by molar-refractivity contribution is 7.09. The lowest BCUT2D eigenvalue weighted by atomic mass is 10.1. The molecule has 2 rings (SSSR count). The van der Waals surface area contributed by atoms with Crippen LogP contribution in [0.1, 0.15) is 28.8 Å². The molecule has 0 saturated heterocycles. The predicted molar refractivity (Wildman–Crippen MR) is 82.2 cm³/mol. The maximum absolute atomic E-state index is 11.9. The summed E-state index contributed by atoms with van der Waals surface area (Å²) in [4.78, 5) is 26.5. The fourth-order valence-corrected chi connectivity index (χ4v) is 2.75. The Morgan fingerprint density at radius 2 is 1.86 bits per heavy atom. The minimum Gasteiger partial charge on any atom is -0.550 e. The summed E-state index contributed by atoms with van der Waals surface area (Å²) in [7, 11) is 0. The number of carboxylic acids is 1. The summed E-state index contributed by atoms with van der Waals surface area (Å²) in [5.74, 6) is -1.30. The summed E-state index contributed by atoms with van der Waals surface area (Å²) in [6.45, 7) is 2.57. The second kappa shape index (κ2) is 7.70. The number of aliphatic carboxylic acids is 1. The average Bonchev–Trinajstić information content (AvgIpc) is 2.92. The molecule has 2 aromatic rings. The van der Waals surface area contributed by atoms with Crippen LogP contribution in [0.5, 0.6) is 0 Å². The molecule has 1 heterocycles. The maximum atomic E-state index is 11.9. The molecule has 1 N–H and O–H groups in total. The number of amides is 1. The van der Waals surface area contributed by atoms with Crippen molar-refractivity contribution < 1.29 is 14.7 Å². The van der Waals surface area contributed by atoms with Crippen LogP contribution in [0.2, 0.25) is 0 Å². The second-order valence-corrected chi connectivity index (χ2v) is 5.85. The first-order chi connectivity index (χ1) is 10.6. The highest BCUT2D eigenvalue weighted by Gasteiger charge is 2.08. The van der Waals surface area contributed by atoms with Gasteiger partial charge in [-0.3, -0.25) is 4.79 Å². The quantitative estimate of drug-likeness (QED) is 0.821. The van der Waals surface area contributed by atoms with E-state index in [-0.39, 0.29) is 18.7 Å². The van der Waals surface area contributed by atoms with Crippen molar-refractivity contribution in [3.63, 3.8) is 0 Å². The zero-order valence-corrected chi connectivity index (χ0v) is 13.1. The number of nitrogens with one attached hydrogen (secondary N) is 1. The number of rotatable bonds is 7. The Balaban J connectivity index is 1.82. The lowest BCUT2D eigenvalue weighted by Gasteiger charge is -2.05. The van der Waals surface area contributed by atoms with Crippen molar-refractivity contribution in [2.75, 3.05) is 0 Å². The fraction of sp³-hybridized carbons (Fsp3) is 0.312. The Labute approximate surface area is 133 Å². The molecule has 5 nitrogen and oxygen atoms in total. The highest BCUT2D eigenvalue weighted by Crippen LogP contribution is 2.11. The van der Waals surface area contributed by atoms with Crippen LogP contribution in [0, 0.1) is 0 Å². The van der Waals surface area contributed by atoms with E-state index in [4.69, 9.17) is 0 Å². The minimum atomic E-state index is -1.17. The molecule has 0 aliphatic carbocycles. The van der Waals surface area contributed by atoms with Crippen molar-refractivity contribution in [3.05, 3.63) is 51.5 Å². The predicted octanol–water partition coefficient (Wildman–Crippen LogP) is 0.857. The summed E-state index contributed by atoms with van der Waals surface area (Å²) in [6.07, 6.45) is 0.928. The van der Waals surface area contributed by atoms with Crippen LogP contribution >= 0.6 is 11.3 Å². The van der Waals surface area contributed by atoms with E-state index in [1.807, 2.05) is 12.1 Å². The second-order valence-electron chi connectivity index (χ2n) is 4.90. The van der Waals surface area contributed by atoms with Gasteiger partial charge < -0.3 is 15.2 Å². The lowest BCUT2D eigenvalue weighted by molar-refractivity contribution is -0.304. The number of nitrogens with zero attached hydrogens (tertiary/aromatic N) is 1. The summed E-state index contributed by atoms with van der Waals surface area (Å²) in [5.41, 5.74) is 2.74. The number of aromatic nitrogens is 1. The van der Waals surface area contributed by atoms with Gasteiger partial charge >= 0.3 is 0 Å². The van der Waals surface area contributed by atoms with E-state index in [0.29, 0.717) is 17.2 Å². The first kappa shape index (κ1) is 16.2. The molecule has 0 aliphatic heterocycles. The lowest BCUT2D eigenvalue weighted by Crippen LogP contribution is -2.25. The molecule has 1 aromatic carbocycles. The Morgan fingerprint density at radius 3 is 2.50 bits per heavy atom. The van der Waals surface area contributed by atoms with Crippen molar-refractivity contribution in [3.8, 4) is 0 Å². The van der Waals surface area contributed by atoms with Gasteiger partial charge in [0.05, 0.1) is 12.1 Å². The third-order valence-corrected chi connectivity index (χ3v) is 4.06. The van der Waals surface area contributed by atoms with E-state index in [0.717, 1.165) is 12.0 Å². The Bertz CT molecular complexity index is 650. The Hall–Kier alpha value is -2.21. The molecule has 6 heteroatoms. The summed E-state index contributed by atoms with van der Waals surface area (Å²) < 4.78 is 0. The van der Waals surface area contributed by atoms with E-state index in [9.17, 15) is 14.7 Å². The largest absolute Gasteiger partial charge is 0.550 e. The van der Waals surface area contributed by atoms with Gasteiger partial charge in [0.25, 0.3) is 0 Å². The standard InChI is InChI=1S/C16H18N2O3S/c1-2-11-3-5-12(6-4-11)9-17-14(19)8-15-18-13(10-22-15)7-16(20)21/h3-6,10H,2,7-9H2,1H3,(H,17,19)(H,20,21)/p-1. The SMILES string of the molecule is CCc1ccc(CNC(=O)Cc2nc(CC(=O)[O-])cs2)cc1. The maximum Gasteiger partial charge on any atom is 0.227 e. The highest BCUT2D eigenvalue weighted by atomic mass is 32.1. The minimum absolute atomic E-state index is 0.131. The number of benzene rings is 1. The van der Waals surface area contributed by atoms with Gasteiger partial charge in [0.15, 0.2) is 0 Å². The van der Waals surface area contributed by atoms with Gasteiger partial charge in [-0.15, -0.1) is 11.3 Å². The molecule has 116 valence electrons. The normalized spacial score (nSPS) is 10.4. The number of carbonyl (C=O) groups is 2. The van der Waals surface area contributed by atoms with Crippen molar-refractivity contribution >= 4 is 23.2 Å². The molecule has 1 amide bonds. The average molecular weight is 317 g/mol. The van der Waals surface area contributed by atoms with Crippen LogP contribution in [0.4, 0.5) is 0 Å². The summed E-state index contributed by atoms with van der Waals surface area (Å²) in [5, 5.41) is 15.6. The number of aryl methyl sites for hydroxylation is 1. The van der Waals surface area contributed by atoms with Gasteiger partial charge in [-0.2, -0.15) is 0 Å². The third kappa shape index (κ3) is 4.96. The van der Waals surface area contributed by atoms with Crippen LogP contribution < -0.4 is 10.4 Å². The van der Waals surface area contributed by atoms with E-state index < -0.39 is 5.97 Å². The first-order valence-corrected chi connectivity index (χ1v) is 7.92. The first-order valence-electron chi connectivity index (χ1n) is 7.04. The molecule has 0 fully saturated rings. The van der Waals surface area contributed by atoms with Gasteiger partial charge in [0.2, 0.25) is 5.91 Å². The smallest absolute Gasteiger partial charge is 0.227 e. The molecule has 0 spiro atoms. The van der Waals surface area contributed by atoms with E-state index in [1.165, 1.54) is 16.9 Å². The molecule has 22 heavy (non-hydrogen) atoms. The molecular formula is C16H17N2O3S-. The van der Waals surface area contributed by atoms with Gasteiger partial charge in [-0.05, 0) is 17.5 Å². The van der Waals surface area contributed by atoms with Crippen LogP contribution in [-0.4, -0.2) is 16.9 Å². The van der Waals surface area contributed by atoms with Crippen LogP contribution in [0.3, 0.4) is 0 Å². The van der Waals surface area contributed by atoms with Crippen LogP contribution in [0.15, 0.2) is 29.6 Å². The molecule has 0 atom stereocenters. The number of hydrogen-bond acceptors (Lipinski definition) is 5. The fourth-order valence-electron chi connectivity index (χ4n) is 1.95. The Morgan fingerprint density at radius 1 is 1.18 bits per heavy atom. The summed E-state index contributed by atoms with van der Waals surface area (Å²) in [6, 6.07) is 8.10. The Kier molecular flexibility index (Phi) is 5.66. The van der Waals surface area contributed by atoms with Crippen molar-refractivity contribution in [2.45, 2.75) is 32.7 Å². The molecule has 1 aromatic heterocycles. The molecule has 0 radical (unpaired) electrons. The van der Waals surface area contributed by atoms with Crippen molar-refractivity contribution in [1.29, 1.82) is 0 Å². The number of hydrogen-bond donors (Lipinski definition) is 1. The van der Waals surface area contributed by atoms with E-state index in [2.05, 4.69) is 29.4 Å². The topological polar surface area (TPSA) is 82.1 Å². The number of carbonyl (C=O) groups excluding carboxylic acids is 2. The van der Waals surface area contributed by atoms with Crippen LogP contribution in [-0.2, 0) is 35.4 Å². The monoisotopic (exact) mass is 317 g/mol. The van der Waals surface area contributed by atoms with Gasteiger partial charge in [-0.25, -0.2) is 4.98 Å². The molecule has 0 bridgehead atoms. The molecule has 0 unspecified atom stereocenters. The van der Waals surface area contributed by atoms with Gasteiger partial charge in [0, 0.05) is 24.3 Å². The number of carboxylic acid groups (broad SMARTS) is 1. The molecule has 0 saturated carbocycles. The van der Waals surface area contributed by atoms with Crippen LogP contribution in [0.25, 0.3) is 0 Å². The molecule has 0 aliphatic rings. The number of thiazole rings is 1. The zero-order valence-electron chi connectivity index (χ0n) is 12.3. The van der Waals surface area contributed by atoms with E-state index >= 15 is 0 Å². The van der Waals surface area contributed by atoms with Crippen molar-refractivity contribution in [1.82, 2.24) is 10.3 Å². The van der Waals surface area contributed by atoms with Gasteiger partial charge in [0.1, 0.15) is 5.01 Å². The summed E-state index contributed by atoms with van der Waals surface area (Å²) >= 11 is 1.28. The van der Waals surface area contributed by atoms with Gasteiger partial charge in [-0.1, -0.05) is 31.2 Å². The molecular weight excluding hydrogens is 300 g/mol.